The molecule has 0 bridgehead atoms. The van der Waals surface area contributed by atoms with Gasteiger partial charge in [-0.15, -0.1) is 23.4 Å². The number of alkyl halides is 2. The second kappa shape index (κ2) is 3.79. The SMILES string of the molecule is CC1(Cl)C=CC(Br)(c2ccccc2F)S1. The van der Waals surface area contributed by atoms with Gasteiger partial charge in [0.15, 0.2) is 0 Å². The van der Waals surface area contributed by atoms with E-state index in [9.17, 15) is 4.39 Å². The smallest absolute Gasteiger partial charge is 0.128 e. The Kier molecular flexibility index (Phi) is 2.91. The lowest BCUT2D eigenvalue weighted by molar-refractivity contribution is 0.612. The van der Waals surface area contributed by atoms with Crippen LogP contribution in [0.2, 0.25) is 0 Å². The van der Waals surface area contributed by atoms with Gasteiger partial charge in [-0.25, -0.2) is 4.39 Å². The summed E-state index contributed by atoms with van der Waals surface area (Å²) in [6.45, 7) is 1.89. The molecule has 1 heterocycles. The molecule has 1 aromatic carbocycles. The summed E-state index contributed by atoms with van der Waals surface area (Å²) in [5.41, 5.74) is 0.607. The molecule has 0 nitrogen and oxygen atoms in total. The second-order valence-electron chi connectivity index (χ2n) is 3.55. The average Bonchev–Trinajstić information content (AvgIpc) is 2.42. The summed E-state index contributed by atoms with van der Waals surface area (Å²) >= 11 is 11.2. The summed E-state index contributed by atoms with van der Waals surface area (Å²) in [4.78, 5) is 0. The zero-order valence-corrected chi connectivity index (χ0v) is 11.2. The van der Waals surface area contributed by atoms with Crippen molar-refractivity contribution in [3.63, 3.8) is 0 Å². The van der Waals surface area contributed by atoms with Crippen molar-refractivity contribution in [3.05, 3.63) is 47.8 Å². The number of thioether (sulfide) groups is 1. The number of hydrogen-bond acceptors (Lipinski definition) is 1. The van der Waals surface area contributed by atoms with Crippen molar-refractivity contribution in [1.29, 1.82) is 0 Å². The van der Waals surface area contributed by atoms with Gasteiger partial charge in [0.25, 0.3) is 0 Å². The van der Waals surface area contributed by atoms with Gasteiger partial charge in [-0.3, -0.25) is 0 Å². The standard InChI is InChI=1S/C11H9BrClFS/c1-10(13)6-7-11(12,15-10)8-4-2-3-5-9(8)14/h2-7H,1H3. The second-order valence-corrected chi connectivity index (χ2v) is 8.03. The van der Waals surface area contributed by atoms with E-state index in [2.05, 4.69) is 15.9 Å². The molecule has 1 aliphatic rings. The highest BCUT2D eigenvalue weighted by Crippen LogP contribution is 2.57. The van der Waals surface area contributed by atoms with Crippen molar-refractivity contribution in [2.45, 2.75) is 14.8 Å². The summed E-state index contributed by atoms with van der Waals surface area (Å²) in [5.74, 6) is -0.221. The van der Waals surface area contributed by atoms with Gasteiger partial charge < -0.3 is 0 Å². The largest absolute Gasteiger partial charge is 0.207 e. The van der Waals surface area contributed by atoms with Crippen LogP contribution in [0.1, 0.15) is 12.5 Å². The van der Waals surface area contributed by atoms with Gasteiger partial charge >= 0.3 is 0 Å². The van der Waals surface area contributed by atoms with Crippen molar-refractivity contribution in [2.24, 2.45) is 0 Å². The van der Waals surface area contributed by atoms with Crippen molar-refractivity contribution in [1.82, 2.24) is 0 Å². The molecule has 15 heavy (non-hydrogen) atoms. The fraction of sp³-hybridized carbons (Fsp3) is 0.273. The van der Waals surface area contributed by atoms with Crippen LogP contribution >= 0.6 is 39.3 Å². The van der Waals surface area contributed by atoms with Gasteiger partial charge in [-0.1, -0.05) is 46.3 Å². The molecule has 0 N–H and O–H groups in total. The van der Waals surface area contributed by atoms with Crippen LogP contribution in [0.4, 0.5) is 4.39 Å². The van der Waals surface area contributed by atoms with Crippen LogP contribution in [0.3, 0.4) is 0 Å². The first-order valence-electron chi connectivity index (χ1n) is 4.46. The van der Waals surface area contributed by atoms with Crippen LogP contribution in [0.5, 0.6) is 0 Å². The number of halogens is 3. The van der Waals surface area contributed by atoms with Crippen molar-refractivity contribution in [2.75, 3.05) is 0 Å². The monoisotopic (exact) mass is 306 g/mol. The molecule has 0 aromatic heterocycles. The molecule has 2 atom stereocenters. The van der Waals surface area contributed by atoms with Gasteiger partial charge in [0.05, 0.1) is 0 Å². The van der Waals surface area contributed by atoms with Crippen LogP contribution < -0.4 is 0 Å². The minimum absolute atomic E-state index is 0.221. The Balaban J connectivity index is 2.41. The maximum atomic E-state index is 13.6. The van der Waals surface area contributed by atoms with E-state index in [1.165, 1.54) is 17.8 Å². The van der Waals surface area contributed by atoms with Crippen LogP contribution in [0, 0.1) is 5.82 Å². The van der Waals surface area contributed by atoms with Crippen LogP contribution in [-0.2, 0) is 3.66 Å². The fourth-order valence-electron chi connectivity index (χ4n) is 1.50. The first kappa shape index (κ1) is 11.5. The van der Waals surface area contributed by atoms with Gasteiger partial charge in [0.2, 0.25) is 0 Å². The highest BCUT2D eigenvalue weighted by atomic mass is 79.9. The molecule has 0 amide bonds. The summed E-state index contributed by atoms with van der Waals surface area (Å²) in [7, 11) is 0. The molecule has 2 unspecified atom stereocenters. The maximum absolute atomic E-state index is 13.6. The number of hydrogen-bond donors (Lipinski definition) is 0. The lowest BCUT2D eigenvalue weighted by Crippen LogP contribution is -2.13. The van der Waals surface area contributed by atoms with Crippen LogP contribution in [0.15, 0.2) is 36.4 Å². The van der Waals surface area contributed by atoms with E-state index < -0.39 is 7.86 Å². The Labute approximate surface area is 106 Å². The fourth-order valence-corrected chi connectivity index (χ4v) is 4.80. The first-order valence-corrected chi connectivity index (χ1v) is 6.45. The van der Waals surface area contributed by atoms with Gasteiger partial charge in [-0.2, -0.15) is 0 Å². The van der Waals surface area contributed by atoms with E-state index in [-0.39, 0.29) is 5.82 Å². The molecule has 1 aromatic rings. The third-order valence-electron chi connectivity index (χ3n) is 2.18. The van der Waals surface area contributed by atoms with Gasteiger partial charge in [0.1, 0.15) is 13.7 Å². The third kappa shape index (κ3) is 2.24. The van der Waals surface area contributed by atoms with Crippen LogP contribution in [0.25, 0.3) is 0 Å². The molecular formula is C11H9BrClFS. The number of rotatable bonds is 1. The normalized spacial score (nSPS) is 34.7. The van der Waals surface area contributed by atoms with E-state index in [0.29, 0.717) is 5.56 Å². The molecule has 0 radical (unpaired) electrons. The van der Waals surface area contributed by atoms with E-state index in [1.54, 1.807) is 12.1 Å². The Morgan fingerprint density at radius 1 is 1.33 bits per heavy atom. The van der Waals surface area contributed by atoms with Gasteiger partial charge in [-0.05, 0) is 13.0 Å². The highest BCUT2D eigenvalue weighted by Gasteiger charge is 2.41. The average molecular weight is 308 g/mol. The molecule has 4 heteroatoms. The lowest BCUT2D eigenvalue weighted by Gasteiger charge is -2.24. The molecule has 2 rings (SSSR count). The third-order valence-corrected chi connectivity index (χ3v) is 4.91. The highest BCUT2D eigenvalue weighted by molar-refractivity contribution is 9.11. The minimum Gasteiger partial charge on any atom is -0.207 e. The Morgan fingerprint density at radius 3 is 2.53 bits per heavy atom. The molecule has 0 spiro atoms. The minimum atomic E-state index is -0.547. The molecular weight excluding hydrogens is 299 g/mol. The van der Waals surface area contributed by atoms with Crippen molar-refractivity contribution >= 4 is 39.3 Å². The molecule has 0 saturated carbocycles. The summed E-state index contributed by atoms with van der Waals surface area (Å²) < 4.78 is 12.6. The quantitative estimate of drug-likeness (QED) is 0.538. The van der Waals surface area contributed by atoms with E-state index >= 15 is 0 Å². The maximum Gasteiger partial charge on any atom is 0.128 e. The first-order chi connectivity index (χ1) is 6.93. The summed E-state index contributed by atoms with van der Waals surface area (Å²) in [6.07, 6.45) is 3.77. The van der Waals surface area contributed by atoms with E-state index in [0.717, 1.165) is 0 Å². The van der Waals surface area contributed by atoms with Gasteiger partial charge in [0, 0.05) is 5.56 Å². The number of benzene rings is 1. The predicted octanol–water partition coefficient (Wildman–Crippen LogP) is 4.63. The molecule has 1 aliphatic heterocycles. The molecule has 0 saturated heterocycles. The molecule has 0 fully saturated rings. The zero-order chi connectivity index (χ0) is 11.1. The van der Waals surface area contributed by atoms with Crippen molar-refractivity contribution in [3.8, 4) is 0 Å². The summed E-state index contributed by atoms with van der Waals surface area (Å²) in [6, 6.07) is 6.72. The lowest BCUT2D eigenvalue weighted by atomic mass is 10.1. The topological polar surface area (TPSA) is 0 Å². The Bertz CT molecular complexity index is 419. The van der Waals surface area contributed by atoms with E-state index in [1.807, 2.05) is 25.1 Å². The Hall–Kier alpha value is 0.01000. The molecule has 80 valence electrons. The van der Waals surface area contributed by atoms with Crippen LogP contribution in [-0.4, -0.2) is 4.21 Å². The zero-order valence-electron chi connectivity index (χ0n) is 8.01. The Morgan fingerprint density at radius 2 is 2.00 bits per heavy atom. The van der Waals surface area contributed by atoms with E-state index in [4.69, 9.17) is 11.6 Å². The predicted molar refractivity (Wildman–Crippen MR) is 68.0 cm³/mol. The van der Waals surface area contributed by atoms with Crippen molar-refractivity contribution < 1.29 is 4.39 Å². The molecule has 0 aliphatic carbocycles. The summed E-state index contributed by atoms with van der Waals surface area (Å²) in [5, 5.41) is 0.